The molecule has 0 unspecified atom stereocenters. The van der Waals surface area contributed by atoms with Crippen LogP contribution in [-0.2, 0) is 0 Å². The van der Waals surface area contributed by atoms with Crippen molar-refractivity contribution in [2.24, 2.45) is 0 Å². The maximum Gasteiger partial charge on any atom is 0.322 e. The van der Waals surface area contributed by atoms with Gasteiger partial charge >= 0.3 is 6.01 Å². The third kappa shape index (κ3) is 3.18. The molecule has 124 valence electrons. The maximum absolute atomic E-state index is 12.1. The lowest BCUT2D eigenvalue weighted by atomic mass is 10.2. The number of hydrogen-bond donors (Lipinski definition) is 1. The Labute approximate surface area is 140 Å². The number of ether oxygens (including phenoxy) is 2. The minimum Gasteiger partial charge on any atom is -0.497 e. The predicted octanol–water partition coefficient (Wildman–Crippen LogP) is 2.17. The Kier molecular flexibility index (Phi) is 4.38. The van der Waals surface area contributed by atoms with Crippen LogP contribution in [0.15, 0.2) is 22.6 Å². The molecule has 2 aromatic heterocycles. The van der Waals surface area contributed by atoms with Crippen molar-refractivity contribution in [3.8, 4) is 23.0 Å². The van der Waals surface area contributed by atoms with E-state index in [1.807, 2.05) is 0 Å². The standard InChI is InChI=1S/C14H13N5O4S/c1-7-11(24-19-16-7)12(20)15-14-18-17-13(23-14)8-4-9(21-2)6-10(5-8)22-3/h4-6H,1-3H3,(H,15,18,20). The Hall–Kier alpha value is -3.01. The van der Waals surface area contributed by atoms with Gasteiger partial charge in [-0.25, -0.2) is 0 Å². The van der Waals surface area contributed by atoms with Gasteiger partial charge in [-0.15, -0.1) is 10.2 Å². The topological polar surface area (TPSA) is 112 Å². The van der Waals surface area contributed by atoms with E-state index < -0.39 is 5.91 Å². The van der Waals surface area contributed by atoms with Crippen LogP contribution in [0, 0.1) is 6.92 Å². The van der Waals surface area contributed by atoms with Crippen molar-refractivity contribution >= 4 is 23.5 Å². The van der Waals surface area contributed by atoms with Crippen LogP contribution in [0.5, 0.6) is 11.5 Å². The molecule has 10 heteroatoms. The van der Waals surface area contributed by atoms with Crippen LogP contribution < -0.4 is 14.8 Å². The Morgan fingerprint density at radius 1 is 1.12 bits per heavy atom. The van der Waals surface area contributed by atoms with E-state index in [2.05, 4.69) is 25.1 Å². The number of aromatic nitrogens is 4. The highest BCUT2D eigenvalue weighted by molar-refractivity contribution is 7.08. The number of methoxy groups -OCH3 is 2. The molecule has 0 fully saturated rings. The van der Waals surface area contributed by atoms with E-state index in [4.69, 9.17) is 13.9 Å². The molecular formula is C14H13N5O4S. The van der Waals surface area contributed by atoms with Crippen molar-refractivity contribution in [1.82, 2.24) is 19.8 Å². The summed E-state index contributed by atoms with van der Waals surface area (Å²) in [5.41, 5.74) is 1.14. The first-order valence-corrected chi connectivity index (χ1v) is 7.55. The largest absolute Gasteiger partial charge is 0.497 e. The van der Waals surface area contributed by atoms with Gasteiger partial charge in [-0.1, -0.05) is 9.59 Å². The zero-order valence-corrected chi connectivity index (χ0v) is 13.9. The summed E-state index contributed by atoms with van der Waals surface area (Å²) in [6.45, 7) is 1.69. The van der Waals surface area contributed by atoms with Crippen LogP contribution in [0.1, 0.15) is 15.4 Å². The molecule has 0 bridgehead atoms. The number of rotatable bonds is 5. The Morgan fingerprint density at radius 2 is 1.83 bits per heavy atom. The lowest BCUT2D eigenvalue weighted by Crippen LogP contribution is -2.11. The normalized spacial score (nSPS) is 10.5. The molecule has 0 saturated heterocycles. The molecule has 1 amide bonds. The highest BCUT2D eigenvalue weighted by atomic mass is 32.1. The fourth-order valence-electron chi connectivity index (χ4n) is 1.91. The minimum atomic E-state index is -0.402. The summed E-state index contributed by atoms with van der Waals surface area (Å²) >= 11 is 0.994. The van der Waals surface area contributed by atoms with Crippen LogP contribution in [0.3, 0.4) is 0 Å². The zero-order chi connectivity index (χ0) is 17.1. The van der Waals surface area contributed by atoms with E-state index in [-0.39, 0.29) is 11.9 Å². The maximum atomic E-state index is 12.1. The fourth-order valence-corrected chi connectivity index (χ4v) is 2.47. The first-order chi connectivity index (χ1) is 11.6. The van der Waals surface area contributed by atoms with Gasteiger partial charge < -0.3 is 13.9 Å². The summed E-state index contributed by atoms with van der Waals surface area (Å²) in [6.07, 6.45) is 0. The second-order valence-corrected chi connectivity index (χ2v) is 5.41. The van der Waals surface area contributed by atoms with Crippen LogP contribution in [0.2, 0.25) is 0 Å². The third-order valence-corrected chi connectivity index (χ3v) is 3.93. The summed E-state index contributed by atoms with van der Waals surface area (Å²) in [5.74, 6) is 0.988. The molecule has 0 aliphatic heterocycles. The minimum absolute atomic E-state index is 0.0235. The number of nitrogens with one attached hydrogen (secondary N) is 1. The van der Waals surface area contributed by atoms with Gasteiger partial charge in [0.25, 0.3) is 5.91 Å². The quantitative estimate of drug-likeness (QED) is 0.747. The van der Waals surface area contributed by atoms with Crippen molar-refractivity contribution in [2.45, 2.75) is 6.92 Å². The van der Waals surface area contributed by atoms with E-state index in [0.717, 1.165) is 11.5 Å². The smallest absolute Gasteiger partial charge is 0.322 e. The molecule has 3 aromatic rings. The van der Waals surface area contributed by atoms with Crippen LogP contribution in [0.4, 0.5) is 6.01 Å². The molecule has 1 aromatic carbocycles. The Bertz CT molecular complexity index is 853. The molecule has 0 aliphatic carbocycles. The van der Waals surface area contributed by atoms with E-state index in [1.165, 1.54) is 0 Å². The van der Waals surface area contributed by atoms with Crippen molar-refractivity contribution in [2.75, 3.05) is 19.5 Å². The third-order valence-electron chi connectivity index (χ3n) is 3.10. The van der Waals surface area contributed by atoms with Crippen LogP contribution in [-0.4, -0.2) is 39.9 Å². The number of hydrogen-bond acceptors (Lipinski definition) is 9. The Morgan fingerprint density at radius 3 is 2.42 bits per heavy atom. The van der Waals surface area contributed by atoms with Gasteiger partial charge in [-0.05, 0) is 30.6 Å². The van der Waals surface area contributed by atoms with Gasteiger partial charge in [-0.2, -0.15) is 0 Å². The van der Waals surface area contributed by atoms with Crippen molar-refractivity contribution in [3.63, 3.8) is 0 Å². The number of carbonyl (C=O) groups is 1. The average molecular weight is 347 g/mol. The number of benzene rings is 1. The van der Waals surface area contributed by atoms with Crippen molar-refractivity contribution < 1.29 is 18.7 Å². The summed E-state index contributed by atoms with van der Waals surface area (Å²) < 4.78 is 19.6. The zero-order valence-electron chi connectivity index (χ0n) is 13.1. The van der Waals surface area contributed by atoms with Gasteiger partial charge in [0.15, 0.2) is 0 Å². The molecule has 3 rings (SSSR count). The second kappa shape index (κ2) is 6.62. The molecule has 0 aliphatic rings. The monoisotopic (exact) mass is 347 g/mol. The molecule has 0 radical (unpaired) electrons. The molecular weight excluding hydrogens is 334 g/mol. The summed E-state index contributed by atoms with van der Waals surface area (Å²) in [4.78, 5) is 12.5. The molecule has 0 spiro atoms. The van der Waals surface area contributed by atoms with E-state index in [0.29, 0.717) is 27.6 Å². The van der Waals surface area contributed by atoms with Crippen LogP contribution >= 0.6 is 11.5 Å². The molecule has 2 heterocycles. The molecule has 24 heavy (non-hydrogen) atoms. The van der Waals surface area contributed by atoms with Crippen molar-refractivity contribution in [1.29, 1.82) is 0 Å². The number of aryl methyl sites for hydroxylation is 1. The highest BCUT2D eigenvalue weighted by Crippen LogP contribution is 2.29. The van der Waals surface area contributed by atoms with Gasteiger partial charge in [0.2, 0.25) is 5.89 Å². The average Bonchev–Trinajstić information content (AvgIpc) is 3.23. The van der Waals surface area contributed by atoms with Gasteiger partial charge in [0.1, 0.15) is 16.4 Å². The van der Waals surface area contributed by atoms with Crippen LogP contribution in [0.25, 0.3) is 11.5 Å². The second-order valence-electron chi connectivity index (χ2n) is 4.66. The first-order valence-electron chi connectivity index (χ1n) is 6.78. The lowest BCUT2D eigenvalue weighted by Gasteiger charge is -2.05. The van der Waals surface area contributed by atoms with E-state index >= 15 is 0 Å². The molecule has 1 N–H and O–H groups in total. The fraction of sp³-hybridized carbons (Fsp3) is 0.214. The van der Waals surface area contributed by atoms with Crippen molar-refractivity contribution in [3.05, 3.63) is 28.8 Å². The van der Waals surface area contributed by atoms with Gasteiger partial charge in [0.05, 0.1) is 19.9 Å². The van der Waals surface area contributed by atoms with E-state index in [1.54, 1.807) is 39.3 Å². The summed E-state index contributed by atoms with van der Waals surface area (Å²) in [5, 5.41) is 14.0. The van der Waals surface area contributed by atoms with Gasteiger partial charge in [-0.3, -0.25) is 10.1 Å². The summed E-state index contributed by atoms with van der Waals surface area (Å²) in [6, 6.07) is 5.14. The Balaban J connectivity index is 1.83. The van der Waals surface area contributed by atoms with Gasteiger partial charge in [0, 0.05) is 11.6 Å². The predicted molar refractivity (Wildman–Crippen MR) is 85.4 cm³/mol. The number of anilines is 1. The number of carbonyl (C=O) groups excluding carboxylic acids is 1. The highest BCUT2D eigenvalue weighted by Gasteiger charge is 2.17. The van der Waals surface area contributed by atoms with E-state index in [9.17, 15) is 4.79 Å². The lowest BCUT2D eigenvalue weighted by molar-refractivity contribution is 0.102. The molecule has 9 nitrogen and oxygen atoms in total. The SMILES string of the molecule is COc1cc(OC)cc(-c2nnc(NC(=O)c3snnc3C)o2)c1. The molecule has 0 saturated carbocycles. The number of nitrogens with zero attached hydrogens (tertiary/aromatic N) is 4. The molecule has 0 atom stereocenters. The summed E-state index contributed by atoms with van der Waals surface area (Å²) in [7, 11) is 3.09. The first kappa shape index (κ1) is 15.9. The number of amides is 1.